The molecular formula is C18H18ClN3O4S. The number of carbonyl (C=O) groups excluding carboxylic acids is 3. The predicted octanol–water partition coefficient (Wildman–Crippen LogP) is 2.33. The molecule has 9 heteroatoms. The molecule has 1 fully saturated rings. The molecule has 1 aliphatic heterocycles. The van der Waals surface area contributed by atoms with Crippen molar-refractivity contribution in [3.63, 3.8) is 0 Å². The minimum absolute atomic E-state index is 0.0387. The lowest BCUT2D eigenvalue weighted by Crippen LogP contribution is -2.28. The molecule has 142 valence electrons. The Kier molecular flexibility index (Phi) is 6.41. The van der Waals surface area contributed by atoms with Crippen molar-refractivity contribution in [3.8, 4) is 0 Å². The summed E-state index contributed by atoms with van der Waals surface area (Å²) in [6, 6.07) is 7.08. The van der Waals surface area contributed by atoms with E-state index in [1.165, 1.54) is 11.3 Å². The highest BCUT2D eigenvalue weighted by Crippen LogP contribution is 2.25. The Morgan fingerprint density at radius 1 is 1.30 bits per heavy atom. The number of nitrogens with zero attached hydrogens (tertiary/aromatic N) is 2. The molecule has 1 N–H and O–H groups in total. The highest BCUT2D eigenvalue weighted by atomic mass is 35.5. The lowest BCUT2D eigenvalue weighted by molar-refractivity contribution is -0.147. The molecule has 0 bridgehead atoms. The van der Waals surface area contributed by atoms with E-state index < -0.39 is 5.97 Å². The van der Waals surface area contributed by atoms with Gasteiger partial charge in [-0.25, -0.2) is 4.98 Å². The number of carbonyl (C=O) groups is 3. The minimum Gasteiger partial charge on any atom is -0.455 e. The summed E-state index contributed by atoms with van der Waals surface area (Å²) in [5.74, 6) is -0.878. The van der Waals surface area contributed by atoms with Gasteiger partial charge in [0.15, 0.2) is 11.7 Å². The summed E-state index contributed by atoms with van der Waals surface area (Å²) >= 11 is 7.12. The summed E-state index contributed by atoms with van der Waals surface area (Å²) in [4.78, 5) is 41.3. The summed E-state index contributed by atoms with van der Waals surface area (Å²) in [6.45, 7) is 0.630. The third-order valence-corrected chi connectivity index (χ3v) is 5.10. The zero-order chi connectivity index (χ0) is 19.2. The van der Waals surface area contributed by atoms with E-state index in [-0.39, 0.29) is 24.8 Å². The molecule has 2 aromatic rings. The number of hydrogen-bond acceptors (Lipinski definition) is 6. The third kappa shape index (κ3) is 5.51. The summed E-state index contributed by atoms with van der Waals surface area (Å²) < 4.78 is 4.98. The van der Waals surface area contributed by atoms with Gasteiger partial charge in [-0.15, -0.1) is 11.3 Å². The van der Waals surface area contributed by atoms with Crippen LogP contribution in [0.2, 0.25) is 5.02 Å². The molecule has 3 rings (SSSR count). The van der Waals surface area contributed by atoms with Crippen LogP contribution in [0.15, 0.2) is 29.6 Å². The topological polar surface area (TPSA) is 88.6 Å². The average molecular weight is 408 g/mol. The molecule has 1 aliphatic rings. The fourth-order valence-corrected chi connectivity index (χ4v) is 3.54. The molecule has 0 atom stereocenters. The lowest BCUT2D eigenvalue weighted by atomic mass is 10.2. The van der Waals surface area contributed by atoms with E-state index in [0.717, 1.165) is 12.0 Å². The summed E-state index contributed by atoms with van der Waals surface area (Å²) in [5.41, 5.74) is 1.42. The Morgan fingerprint density at radius 3 is 2.78 bits per heavy atom. The van der Waals surface area contributed by atoms with Crippen molar-refractivity contribution in [3.05, 3.63) is 45.9 Å². The standard InChI is InChI=1S/C18H18ClN3O4S/c19-13-5-3-12(4-6-13)9-20-15(23)10-26-17(25)8-14-11-27-18(21-14)22-7-1-2-16(22)24/h3-6,11H,1-2,7-10H2,(H,20,23). The van der Waals surface area contributed by atoms with Crippen molar-refractivity contribution in [1.29, 1.82) is 0 Å². The number of ether oxygens (including phenoxy) is 1. The van der Waals surface area contributed by atoms with Crippen molar-refractivity contribution in [2.75, 3.05) is 18.1 Å². The first-order chi connectivity index (χ1) is 13.0. The van der Waals surface area contributed by atoms with Gasteiger partial charge < -0.3 is 10.1 Å². The normalized spacial score (nSPS) is 13.7. The molecule has 0 unspecified atom stereocenters. The largest absolute Gasteiger partial charge is 0.455 e. The van der Waals surface area contributed by atoms with Gasteiger partial charge in [-0.3, -0.25) is 19.3 Å². The van der Waals surface area contributed by atoms with E-state index in [1.54, 1.807) is 34.5 Å². The van der Waals surface area contributed by atoms with Gasteiger partial charge in [0, 0.05) is 29.9 Å². The van der Waals surface area contributed by atoms with Crippen LogP contribution >= 0.6 is 22.9 Å². The van der Waals surface area contributed by atoms with Crippen LogP contribution in [0.5, 0.6) is 0 Å². The maximum Gasteiger partial charge on any atom is 0.312 e. The number of aromatic nitrogens is 1. The molecule has 1 aromatic heterocycles. The van der Waals surface area contributed by atoms with E-state index in [4.69, 9.17) is 16.3 Å². The summed E-state index contributed by atoms with van der Waals surface area (Å²) in [6.07, 6.45) is 1.31. The molecule has 7 nitrogen and oxygen atoms in total. The quantitative estimate of drug-likeness (QED) is 0.711. The molecule has 0 radical (unpaired) electrons. The Bertz CT molecular complexity index is 837. The molecule has 0 saturated carbocycles. The van der Waals surface area contributed by atoms with Crippen LogP contribution in [0.4, 0.5) is 5.13 Å². The number of anilines is 1. The number of amides is 2. The fourth-order valence-electron chi connectivity index (χ4n) is 2.55. The maximum absolute atomic E-state index is 11.9. The van der Waals surface area contributed by atoms with Gasteiger partial charge in [-0.1, -0.05) is 23.7 Å². The Labute approximate surface area is 165 Å². The highest BCUT2D eigenvalue weighted by Gasteiger charge is 2.24. The number of thiazole rings is 1. The molecule has 0 aliphatic carbocycles. The number of nitrogens with one attached hydrogen (secondary N) is 1. The second kappa shape index (κ2) is 8.96. The number of benzene rings is 1. The lowest BCUT2D eigenvalue weighted by Gasteiger charge is -2.10. The van der Waals surface area contributed by atoms with Gasteiger partial charge in [-0.2, -0.15) is 0 Å². The van der Waals surface area contributed by atoms with Gasteiger partial charge in [-0.05, 0) is 24.1 Å². The molecule has 2 heterocycles. The van der Waals surface area contributed by atoms with E-state index >= 15 is 0 Å². The Hall–Kier alpha value is -2.45. The van der Waals surface area contributed by atoms with Gasteiger partial charge in [0.2, 0.25) is 5.91 Å². The van der Waals surface area contributed by atoms with Crippen LogP contribution in [0.1, 0.15) is 24.1 Å². The molecule has 1 saturated heterocycles. The van der Waals surface area contributed by atoms with Crippen molar-refractivity contribution < 1.29 is 19.1 Å². The highest BCUT2D eigenvalue weighted by molar-refractivity contribution is 7.14. The monoisotopic (exact) mass is 407 g/mol. The van der Waals surface area contributed by atoms with Crippen LogP contribution in [0, 0.1) is 0 Å². The first kappa shape index (κ1) is 19.3. The van der Waals surface area contributed by atoms with E-state index in [9.17, 15) is 14.4 Å². The van der Waals surface area contributed by atoms with Crippen LogP contribution in [-0.4, -0.2) is 35.9 Å². The van der Waals surface area contributed by atoms with Gasteiger partial charge >= 0.3 is 5.97 Å². The van der Waals surface area contributed by atoms with Crippen molar-refractivity contribution >= 4 is 45.9 Å². The molecule has 2 amide bonds. The first-order valence-corrected chi connectivity index (χ1v) is 9.68. The maximum atomic E-state index is 11.9. The first-order valence-electron chi connectivity index (χ1n) is 8.43. The number of hydrogen-bond donors (Lipinski definition) is 1. The second-order valence-corrected chi connectivity index (χ2v) is 7.28. The summed E-state index contributed by atoms with van der Waals surface area (Å²) in [5, 5.41) is 5.61. The fraction of sp³-hybridized carbons (Fsp3) is 0.333. The van der Waals surface area contributed by atoms with Crippen LogP contribution in [-0.2, 0) is 32.1 Å². The SMILES string of the molecule is O=C(COC(=O)Cc1csc(N2CCCC2=O)n1)NCc1ccc(Cl)cc1. The van der Waals surface area contributed by atoms with E-state index in [2.05, 4.69) is 10.3 Å². The zero-order valence-electron chi connectivity index (χ0n) is 14.4. The van der Waals surface area contributed by atoms with Gasteiger partial charge in [0.1, 0.15) is 0 Å². The minimum atomic E-state index is -0.541. The Morgan fingerprint density at radius 2 is 2.07 bits per heavy atom. The third-order valence-electron chi connectivity index (χ3n) is 3.94. The van der Waals surface area contributed by atoms with E-state index in [1.807, 2.05) is 0 Å². The molecular weight excluding hydrogens is 390 g/mol. The number of rotatable bonds is 7. The van der Waals surface area contributed by atoms with E-state index in [0.29, 0.717) is 35.4 Å². The van der Waals surface area contributed by atoms with Crippen molar-refractivity contribution in [2.24, 2.45) is 0 Å². The van der Waals surface area contributed by atoms with Gasteiger partial charge in [0.25, 0.3) is 5.91 Å². The van der Waals surface area contributed by atoms with Crippen LogP contribution in [0.3, 0.4) is 0 Å². The van der Waals surface area contributed by atoms with Crippen LogP contribution < -0.4 is 10.2 Å². The number of halogens is 1. The second-order valence-electron chi connectivity index (χ2n) is 6.01. The molecule has 27 heavy (non-hydrogen) atoms. The zero-order valence-corrected chi connectivity index (χ0v) is 16.0. The van der Waals surface area contributed by atoms with Crippen molar-refractivity contribution in [2.45, 2.75) is 25.8 Å². The molecule has 0 spiro atoms. The smallest absolute Gasteiger partial charge is 0.312 e. The predicted molar refractivity (Wildman–Crippen MR) is 102 cm³/mol. The average Bonchev–Trinajstić information content (AvgIpc) is 3.28. The summed E-state index contributed by atoms with van der Waals surface area (Å²) in [7, 11) is 0. The Balaban J connectivity index is 1.40. The van der Waals surface area contributed by atoms with Gasteiger partial charge in [0.05, 0.1) is 12.1 Å². The molecule has 1 aromatic carbocycles. The van der Waals surface area contributed by atoms with Crippen LogP contribution in [0.25, 0.3) is 0 Å². The number of esters is 1. The van der Waals surface area contributed by atoms with Crippen molar-refractivity contribution in [1.82, 2.24) is 10.3 Å².